The normalized spacial score (nSPS) is 13.8. The SMILES string of the molecule is CN(C)c1ccc(/C=c2/s/c(=c3\s/c(=C(\C#N)C(=O)O)c(Cl)c3Cl)c(Cl)c2Cl)cc1. The predicted molar refractivity (Wildman–Crippen MR) is 127 cm³/mol. The van der Waals surface area contributed by atoms with E-state index in [1.165, 1.54) is 11.3 Å². The number of benzene rings is 1. The van der Waals surface area contributed by atoms with Gasteiger partial charge in [0.15, 0.2) is 5.57 Å². The molecule has 0 unspecified atom stereocenters. The van der Waals surface area contributed by atoms with E-state index in [4.69, 9.17) is 51.7 Å². The summed E-state index contributed by atoms with van der Waals surface area (Å²) in [7, 11) is 3.93. The third-order valence-electron chi connectivity index (χ3n) is 4.08. The molecule has 0 saturated carbocycles. The van der Waals surface area contributed by atoms with Crippen LogP contribution in [0.5, 0.6) is 0 Å². The molecule has 4 nitrogen and oxygen atoms in total. The number of halogens is 4. The highest BCUT2D eigenvalue weighted by Crippen LogP contribution is 2.31. The highest BCUT2D eigenvalue weighted by molar-refractivity contribution is 7.13. The summed E-state index contributed by atoms with van der Waals surface area (Å²) in [6.07, 6.45) is 1.90. The Bertz CT molecular complexity index is 1400. The average molecular weight is 518 g/mol. The molecule has 0 atom stereocenters. The van der Waals surface area contributed by atoms with Gasteiger partial charge in [-0.3, -0.25) is 0 Å². The van der Waals surface area contributed by atoms with Crippen molar-refractivity contribution in [1.82, 2.24) is 0 Å². The van der Waals surface area contributed by atoms with Crippen molar-refractivity contribution in [2.45, 2.75) is 0 Å². The van der Waals surface area contributed by atoms with Crippen molar-refractivity contribution in [1.29, 1.82) is 5.26 Å². The topological polar surface area (TPSA) is 64.3 Å². The Labute approximate surface area is 199 Å². The second-order valence-electron chi connectivity index (χ2n) is 6.23. The number of hydrogen-bond acceptors (Lipinski definition) is 5. The number of nitriles is 1. The van der Waals surface area contributed by atoms with Crippen molar-refractivity contribution in [3.63, 3.8) is 0 Å². The lowest BCUT2D eigenvalue weighted by Gasteiger charge is -2.11. The van der Waals surface area contributed by atoms with Gasteiger partial charge >= 0.3 is 5.97 Å². The fraction of sp³-hybridized carbons (Fsp3) is 0.100. The Morgan fingerprint density at radius 1 is 1.00 bits per heavy atom. The number of thiophene rings is 2. The van der Waals surface area contributed by atoms with Crippen LogP contribution >= 0.6 is 69.1 Å². The molecule has 1 N–H and O–H groups in total. The summed E-state index contributed by atoms with van der Waals surface area (Å²) in [5, 5.41) is 19.2. The molecule has 0 aliphatic heterocycles. The van der Waals surface area contributed by atoms with E-state index in [1.54, 1.807) is 6.07 Å². The van der Waals surface area contributed by atoms with E-state index < -0.39 is 11.5 Å². The molecule has 3 rings (SSSR count). The molecule has 0 radical (unpaired) electrons. The fourth-order valence-electron chi connectivity index (χ4n) is 2.56. The predicted octanol–water partition coefficient (Wildman–Crippen LogP) is 5.36. The fourth-order valence-corrected chi connectivity index (χ4v) is 6.34. The van der Waals surface area contributed by atoms with Crippen molar-refractivity contribution in [3.8, 4) is 6.07 Å². The number of hydrogen-bond donors (Lipinski definition) is 1. The minimum atomic E-state index is -1.38. The van der Waals surface area contributed by atoms with Gasteiger partial charge < -0.3 is 10.0 Å². The minimum absolute atomic E-state index is 0.000935. The number of carboxylic acids is 1. The Balaban J connectivity index is 2.32. The van der Waals surface area contributed by atoms with Crippen LogP contribution < -0.4 is 14.0 Å². The molecule has 2 heterocycles. The Morgan fingerprint density at radius 2 is 1.57 bits per heavy atom. The Hall–Kier alpha value is -1.72. The molecule has 0 spiro atoms. The van der Waals surface area contributed by atoms with Crippen LogP contribution in [0.2, 0.25) is 20.1 Å². The van der Waals surface area contributed by atoms with Crippen molar-refractivity contribution in [2.75, 3.05) is 19.0 Å². The van der Waals surface area contributed by atoms with Crippen LogP contribution in [0.4, 0.5) is 5.69 Å². The van der Waals surface area contributed by atoms with Crippen LogP contribution in [-0.4, -0.2) is 25.2 Å². The minimum Gasteiger partial charge on any atom is -0.477 e. The lowest BCUT2D eigenvalue weighted by atomic mass is 10.2. The Morgan fingerprint density at radius 3 is 2.10 bits per heavy atom. The van der Waals surface area contributed by atoms with Gasteiger partial charge in [0.25, 0.3) is 0 Å². The molecule has 1 aromatic carbocycles. The molecule has 10 heteroatoms. The van der Waals surface area contributed by atoms with Gasteiger partial charge in [-0.2, -0.15) is 5.26 Å². The summed E-state index contributed by atoms with van der Waals surface area (Å²) < 4.78 is 1.82. The zero-order valence-corrected chi connectivity index (χ0v) is 20.1. The van der Waals surface area contributed by atoms with Gasteiger partial charge in [-0.05, 0) is 23.8 Å². The van der Waals surface area contributed by atoms with Gasteiger partial charge in [0, 0.05) is 24.3 Å². The van der Waals surface area contributed by atoms with Crippen molar-refractivity contribution < 1.29 is 9.90 Å². The molecule has 0 aliphatic carbocycles. The quantitative estimate of drug-likeness (QED) is 0.507. The van der Waals surface area contributed by atoms with E-state index >= 15 is 0 Å². The van der Waals surface area contributed by atoms with Gasteiger partial charge in [-0.1, -0.05) is 58.5 Å². The highest BCUT2D eigenvalue weighted by Gasteiger charge is 2.17. The first-order valence-electron chi connectivity index (χ1n) is 8.24. The summed E-state index contributed by atoms with van der Waals surface area (Å²) in [5.74, 6) is -1.38. The molecule has 3 aromatic rings. The Kier molecular flexibility index (Phi) is 7.03. The third kappa shape index (κ3) is 4.33. The molecular weight excluding hydrogens is 506 g/mol. The number of carbonyl (C=O) groups is 1. The van der Waals surface area contributed by atoms with Gasteiger partial charge in [0.1, 0.15) is 6.07 Å². The van der Waals surface area contributed by atoms with Gasteiger partial charge in [-0.15, -0.1) is 22.7 Å². The van der Waals surface area contributed by atoms with E-state index in [0.717, 1.165) is 27.1 Å². The maximum Gasteiger partial charge on any atom is 0.347 e. The second kappa shape index (κ2) is 9.19. The molecule has 30 heavy (non-hydrogen) atoms. The molecule has 0 aliphatic rings. The second-order valence-corrected chi connectivity index (χ2v) is 9.82. The van der Waals surface area contributed by atoms with Crippen molar-refractivity contribution in [3.05, 3.63) is 68.0 Å². The zero-order chi connectivity index (χ0) is 22.2. The first kappa shape index (κ1) is 23.0. The molecule has 0 bridgehead atoms. The summed E-state index contributed by atoms with van der Waals surface area (Å²) >= 11 is 27.8. The first-order valence-corrected chi connectivity index (χ1v) is 11.4. The third-order valence-corrected chi connectivity index (χ3v) is 8.76. The number of aliphatic carboxylic acids is 1. The summed E-state index contributed by atoms with van der Waals surface area (Å²) in [6, 6.07) is 9.56. The van der Waals surface area contributed by atoms with Crippen molar-refractivity contribution >= 4 is 92.4 Å². The molecule has 0 amide bonds. The summed E-state index contributed by atoms with van der Waals surface area (Å²) in [4.78, 5) is 13.3. The van der Waals surface area contributed by atoms with Crippen LogP contribution in [0.1, 0.15) is 5.56 Å². The van der Waals surface area contributed by atoms with Crippen LogP contribution in [0, 0.1) is 20.4 Å². The standard InChI is InChI=1S/C20H12Cl4N2O2S2/c1-26(2)10-5-3-9(4-6-10)7-12-13(21)14(22)18(29-12)19-16(24)15(23)17(30-19)11(8-25)20(27)28/h3-7H,1-2H3,(H,27,28)/b12-7+,17-11+,19-18-. The first-order chi connectivity index (χ1) is 14.1. The molecule has 0 saturated heterocycles. The zero-order valence-electron chi connectivity index (χ0n) is 15.5. The van der Waals surface area contributed by atoms with Gasteiger partial charge in [-0.25, -0.2) is 4.79 Å². The van der Waals surface area contributed by atoms with Gasteiger partial charge in [0.05, 0.1) is 33.7 Å². The summed E-state index contributed by atoms with van der Waals surface area (Å²) in [6.45, 7) is 0. The largest absolute Gasteiger partial charge is 0.477 e. The van der Waals surface area contributed by atoms with E-state index in [-0.39, 0.29) is 19.6 Å². The maximum atomic E-state index is 11.3. The molecule has 0 fully saturated rings. The smallest absolute Gasteiger partial charge is 0.347 e. The lowest BCUT2D eigenvalue weighted by Crippen LogP contribution is -2.08. The highest BCUT2D eigenvalue weighted by atomic mass is 35.5. The number of rotatable bonds is 3. The van der Waals surface area contributed by atoms with Crippen LogP contribution in [-0.2, 0) is 4.79 Å². The number of nitrogens with zero attached hydrogens (tertiary/aromatic N) is 2. The molecular formula is C20H12Cl4N2O2S2. The van der Waals surface area contributed by atoms with Crippen LogP contribution in [0.15, 0.2) is 24.3 Å². The van der Waals surface area contributed by atoms with Crippen molar-refractivity contribution in [2.24, 2.45) is 0 Å². The van der Waals surface area contributed by atoms with Crippen LogP contribution in [0.25, 0.3) is 11.6 Å². The van der Waals surface area contributed by atoms with E-state index in [2.05, 4.69) is 0 Å². The average Bonchev–Trinajstić information content (AvgIpc) is 3.14. The van der Waals surface area contributed by atoms with E-state index in [9.17, 15) is 9.90 Å². The lowest BCUT2D eigenvalue weighted by molar-refractivity contribution is -0.130. The van der Waals surface area contributed by atoms with Crippen LogP contribution in [0.3, 0.4) is 0 Å². The number of carboxylic acid groups (broad SMARTS) is 1. The monoisotopic (exact) mass is 516 g/mol. The number of anilines is 1. The van der Waals surface area contributed by atoms with Gasteiger partial charge in [0.2, 0.25) is 0 Å². The van der Waals surface area contributed by atoms with E-state index in [1.807, 2.05) is 49.3 Å². The molecule has 2 aromatic heterocycles. The molecule has 154 valence electrons. The van der Waals surface area contributed by atoms with E-state index in [0.29, 0.717) is 14.1 Å². The maximum absolute atomic E-state index is 11.3. The summed E-state index contributed by atoms with van der Waals surface area (Å²) in [5.41, 5.74) is 1.53.